The molecule has 1 aliphatic carbocycles. The predicted molar refractivity (Wildman–Crippen MR) is 162 cm³/mol. The average molecular weight is 595 g/mol. The van der Waals surface area contributed by atoms with Gasteiger partial charge in [-0.25, -0.2) is 9.78 Å². The number of ketones is 1. The van der Waals surface area contributed by atoms with Gasteiger partial charge in [-0.1, -0.05) is 42.0 Å². The molecule has 0 spiro atoms. The molecule has 3 aromatic carbocycles. The van der Waals surface area contributed by atoms with Crippen LogP contribution < -0.4 is 9.64 Å². The van der Waals surface area contributed by atoms with Gasteiger partial charge in [-0.2, -0.15) is 0 Å². The van der Waals surface area contributed by atoms with Crippen LogP contribution in [0.5, 0.6) is 5.75 Å². The number of aryl methyl sites for hydroxylation is 1. The van der Waals surface area contributed by atoms with E-state index < -0.39 is 12.6 Å². The minimum Gasteiger partial charge on any atom is -0.497 e. The van der Waals surface area contributed by atoms with Gasteiger partial charge in [0.25, 0.3) is 0 Å². The van der Waals surface area contributed by atoms with Gasteiger partial charge in [0.2, 0.25) is 11.8 Å². The minimum atomic E-state index is -0.682. The number of halogens is 1. The zero-order valence-corrected chi connectivity index (χ0v) is 24.3. The van der Waals surface area contributed by atoms with Crippen LogP contribution in [0.15, 0.2) is 78.9 Å². The van der Waals surface area contributed by atoms with E-state index in [0.29, 0.717) is 62.6 Å². The highest BCUT2D eigenvalue weighted by Crippen LogP contribution is 2.38. The molecule has 2 unspecified atom stereocenters. The Morgan fingerprint density at radius 2 is 1.58 bits per heavy atom. The maximum absolute atomic E-state index is 13.4. The van der Waals surface area contributed by atoms with Crippen molar-refractivity contribution < 1.29 is 28.7 Å². The summed E-state index contributed by atoms with van der Waals surface area (Å²) < 4.78 is 10.6. The summed E-state index contributed by atoms with van der Waals surface area (Å²) in [5, 5.41) is 1.03. The largest absolute Gasteiger partial charge is 0.497 e. The van der Waals surface area contributed by atoms with Gasteiger partial charge in [0.15, 0.2) is 12.4 Å². The topological polar surface area (TPSA) is 103 Å². The van der Waals surface area contributed by atoms with Crippen LogP contribution in [0.25, 0.3) is 22.2 Å². The first-order valence-corrected chi connectivity index (χ1v) is 14.2. The number of aromatic nitrogens is 1. The summed E-state index contributed by atoms with van der Waals surface area (Å²) in [4.78, 5) is 58.2. The van der Waals surface area contributed by atoms with Crippen molar-refractivity contribution >= 4 is 51.8 Å². The Hall–Kier alpha value is -4.82. The molecule has 2 heterocycles. The van der Waals surface area contributed by atoms with Crippen LogP contribution in [-0.4, -0.2) is 42.3 Å². The van der Waals surface area contributed by atoms with Crippen molar-refractivity contribution in [2.75, 3.05) is 18.6 Å². The second kappa shape index (κ2) is 11.5. The van der Waals surface area contributed by atoms with Gasteiger partial charge in [0.1, 0.15) is 5.75 Å². The Bertz CT molecular complexity index is 1790. The number of hydrogen-bond acceptors (Lipinski definition) is 7. The van der Waals surface area contributed by atoms with Crippen LogP contribution in [0.2, 0.25) is 5.02 Å². The molecule has 1 aliphatic heterocycles. The number of rotatable bonds is 7. The SMILES string of the molecule is COc1ccc(C(=O)COC(=O)c2cc(-c3ccc(N4C(=O)C5CC=CCC5C4=O)cc3)nc3c(C)c(Cl)ccc23)cc1. The minimum absolute atomic E-state index is 0.185. The number of amides is 2. The van der Waals surface area contributed by atoms with E-state index in [2.05, 4.69) is 0 Å². The number of esters is 1. The van der Waals surface area contributed by atoms with Gasteiger partial charge in [-0.3, -0.25) is 19.3 Å². The maximum atomic E-state index is 13.4. The number of imide groups is 1. The van der Waals surface area contributed by atoms with E-state index in [0.717, 1.165) is 0 Å². The van der Waals surface area contributed by atoms with Crippen LogP contribution >= 0.6 is 11.6 Å². The highest BCUT2D eigenvalue weighted by molar-refractivity contribution is 6.32. The zero-order valence-electron chi connectivity index (χ0n) is 23.5. The van der Waals surface area contributed by atoms with Gasteiger partial charge < -0.3 is 9.47 Å². The van der Waals surface area contributed by atoms with Crippen molar-refractivity contribution in [1.82, 2.24) is 4.98 Å². The standard InChI is InChI=1S/C34H27ClN2O6/c1-19-28(35)16-15-24-27(34(41)43-18-30(38)21-9-13-23(42-2)14-10-21)17-29(36-31(19)24)20-7-11-22(12-8-20)37-32(39)25-5-3-4-6-26(25)33(37)40/h3-4,7-17,25-26H,5-6,18H2,1-2H3. The van der Waals surface area contributed by atoms with Gasteiger partial charge in [-0.05, 0) is 73.9 Å². The quantitative estimate of drug-likeness (QED) is 0.106. The van der Waals surface area contributed by atoms with Gasteiger partial charge in [0.05, 0.1) is 41.4 Å². The number of anilines is 1. The monoisotopic (exact) mass is 594 g/mol. The molecule has 43 heavy (non-hydrogen) atoms. The summed E-state index contributed by atoms with van der Waals surface area (Å²) in [6.45, 7) is 1.37. The number of fused-ring (bicyclic) bond motifs is 2. The predicted octanol–water partition coefficient (Wildman–Crippen LogP) is 6.37. The van der Waals surface area contributed by atoms with E-state index in [-0.39, 0.29) is 35.0 Å². The van der Waals surface area contributed by atoms with Crippen molar-refractivity contribution in [2.24, 2.45) is 11.8 Å². The Kier molecular flexibility index (Phi) is 7.54. The number of allylic oxidation sites excluding steroid dienone is 2. The van der Waals surface area contributed by atoms with Crippen molar-refractivity contribution in [1.29, 1.82) is 0 Å². The first-order valence-electron chi connectivity index (χ1n) is 13.8. The summed E-state index contributed by atoms with van der Waals surface area (Å²) >= 11 is 6.40. The van der Waals surface area contributed by atoms with Gasteiger partial charge in [0, 0.05) is 21.5 Å². The molecule has 8 nitrogen and oxygen atoms in total. The van der Waals surface area contributed by atoms with Crippen LogP contribution in [0.4, 0.5) is 5.69 Å². The van der Waals surface area contributed by atoms with Crippen LogP contribution in [-0.2, 0) is 14.3 Å². The molecule has 0 bridgehead atoms. The van der Waals surface area contributed by atoms with Crippen molar-refractivity contribution in [3.8, 4) is 17.0 Å². The lowest BCUT2D eigenvalue weighted by Gasteiger charge is -2.16. The summed E-state index contributed by atoms with van der Waals surface area (Å²) in [5.74, 6) is -1.44. The Morgan fingerprint density at radius 3 is 2.21 bits per heavy atom. The van der Waals surface area contributed by atoms with Gasteiger partial charge >= 0.3 is 5.97 Å². The molecule has 6 rings (SSSR count). The number of pyridine rings is 1. The smallest absolute Gasteiger partial charge is 0.339 e. The van der Waals surface area contributed by atoms with E-state index in [1.54, 1.807) is 66.7 Å². The molecule has 9 heteroatoms. The molecule has 0 N–H and O–H groups in total. The second-order valence-electron chi connectivity index (χ2n) is 10.6. The van der Waals surface area contributed by atoms with Crippen LogP contribution in [0, 0.1) is 18.8 Å². The molecule has 1 aromatic heterocycles. The summed E-state index contributed by atoms with van der Waals surface area (Å²) in [6, 6.07) is 18.5. The molecule has 1 fully saturated rings. The Balaban J connectivity index is 1.29. The average Bonchev–Trinajstić information content (AvgIpc) is 3.30. The maximum Gasteiger partial charge on any atom is 0.339 e. The molecule has 0 radical (unpaired) electrons. The first kappa shape index (κ1) is 28.3. The lowest BCUT2D eigenvalue weighted by atomic mass is 9.85. The third-order valence-electron chi connectivity index (χ3n) is 8.06. The lowest BCUT2D eigenvalue weighted by molar-refractivity contribution is -0.122. The fourth-order valence-electron chi connectivity index (χ4n) is 5.63. The number of methoxy groups -OCH3 is 1. The summed E-state index contributed by atoms with van der Waals surface area (Å²) in [7, 11) is 1.54. The first-order chi connectivity index (χ1) is 20.8. The summed E-state index contributed by atoms with van der Waals surface area (Å²) in [6.07, 6.45) is 5.04. The Labute approximate surface area is 252 Å². The number of ether oxygens (including phenoxy) is 2. The van der Waals surface area contributed by atoms with E-state index in [1.807, 2.05) is 19.1 Å². The van der Waals surface area contributed by atoms with E-state index >= 15 is 0 Å². The van der Waals surface area contributed by atoms with Crippen LogP contribution in [0.3, 0.4) is 0 Å². The number of carbonyl (C=O) groups excluding carboxylic acids is 4. The Morgan fingerprint density at radius 1 is 0.930 bits per heavy atom. The van der Waals surface area contributed by atoms with Crippen molar-refractivity contribution in [2.45, 2.75) is 19.8 Å². The fraction of sp³-hybridized carbons (Fsp3) is 0.206. The molecule has 2 aliphatic rings. The molecule has 4 aromatic rings. The molecule has 216 valence electrons. The summed E-state index contributed by atoms with van der Waals surface area (Å²) in [5.41, 5.74) is 3.44. The van der Waals surface area contributed by atoms with E-state index in [1.165, 1.54) is 12.0 Å². The molecular weight excluding hydrogens is 568 g/mol. The van der Waals surface area contributed by atoms with E-state index in [9.17, 15) is 19.2 Å². The van der Waals surface area contributed by atoms with Crippen LogP contribution in [0.1, 0.15) is 39.1 Å². The highest BCUT2D eigenvalue weighted by atomic mass is 35.5. The lowest BCUT2D eigenvalue weighted by Crippen LogP contribution is -2.30. The number of carbonyl (C=O) groups is 4. The number of Topliss-reactive ketones (excluding diaryl/α,β-unsaturated/α-hetero) is 1. The number of nitrogens with zero attached hydrogens (tertiary/aromatic N) is 2. The zero-order chi connectivity index (χ0) is 30.2. The molecule has 2 amide bonds. The van der Waals surface area contributed by atoms with Crippen molar-refractivity contribution in [3.05, 3.63) is 101 Å². The third kappa shape index (κ3) is 5.19. The normalized spacial score (nSPS) is 17.7. The third-order valence-corrected chi connectivity index (χ3v) is 8.47. The molecule has 0 saturated carbocycles. The van der Waals surface area contributed by atoms with Gasteiger partial charge in [-0.15, -0.1) is 0 Å². The second-order valence-corrected chi connectivity index (χ2v) is 11.0. The fourth-order valence-corrected chi connectivity index (χ4v) is 5.78. The molecular formula is C34H27ClN2O6. The number of hydrogen-bond donors (Lipinski definition) is 0. The highest BCUT2D eigenvalue weighted by Gasteiger charge is 2.47. The molecule has 2 atom stereocenters. The molecule has 1 saturated heterocycles. The van der Waals surface area contributed by atoms with Crippen molar-refractivity contribution in [3.63, 3.8) is 0 Å². The van der Waals surface area contributed by atoms with E-state index in [4.69, 9.17) is 26.1 Å². The number of benzene rings is 3.